The van der Waals surface area contributed by atoms with Gasteiger partial charge in [0, 0.05) is 50.7 Å². The number of carboxylic acids is 1. The van der Waals surface area contributed by atoms with Gasteiger partial charge in [-0.05, 0) is 44.2 Å². The SMILES string of the molecule is C[C@@H](Nc1ccc(Cl)nc1C(=O)O)c1cc(F)cc2c(=O)n(C)c(N3CCN(c4ncccn4)C[C@@H]3C)nc12. The van der Waals surface area contributed by atoms with Crippen LogP contribution in [0.5, 0.6) is 0 Å². The van der Waals surface area contributed by atoms with E-state index in [1.165, 1.54) is 28.8 Å². The molecular weight excluding hydrogens is 527 g/mol. The van der Waals surface area contributed by atoms with E-state index in [4.69, 9.17) is 16.6 Å². The lowest BCUT2D eigenvalue weighted by Gasteiger charge is -2.40. The highest BCUT2D eigenvalue weighted by Crippen LogP contribution is 2.29. The summed E-state index contributed by atoms with van der Waals surface area (Å²) in [6, 6.07) is 6.53. The van der Waals surface area contributed by atoms with Gasteiger partial charge in [-0.2, -0.15) is 0 Å². The van der Waals surface area contributed by atoms with Crippen molar-refractivity contribution < 1.29 is 14.3 Å². The Morgan fingerprint density at radius 3 is 2.64 bits per heavy atom. The first-order chi connectivity index (χ1) is 18.6. The molecule has 1 aliphatic rings. The van der Waals surface area contributed by atoms with Crippen LogP contribution in [-0.2, 0) is 7.05 Å². The standard InChI is InChI=1S/C26H26ClFN8O3/c1-14-13-35(25-29-7-4-8-30-25)9-10-36(14)26-33-21-17(11-16(28)12-18(21)23(37)34(26)3)15(2)31-19-5-6-20(27)32-22(19)24(38)39/h4-8,11-12,14-15,31H,9-10,13H2,1-3H3,(H,38,39)/t14-,15+/m0/s1. The van der Waals surface area contributed by atoms with Crippen molar-refractivity contribution in [3.63, 3.8) is 0 Å². The van der Waals surface area contributed by atoms with Crippen molar-refractivity contribution in [2.45, 2.75) is 25.9 Å². The quantitative estimate of drug-likeness (QED) is 0.343. The number of hydrogen-bond donors (Lipinski definition) is 2. The van der Waals surface area contributed by atoms with Crippen molar-refractivity contribution >= 4 is 46.1 Å². The van der Waals surface area contributed by atoms with E-state index in [0.717, 1.165) is 0 Å². The maximum Gasteiger partial charge on any atom is 0.356 e. The van der Waals surface area contributed by atoms with Crippen LogP contribution in [-0.4, -0.2) is 61.3 Å². The second-order valence-corrected chi connectivity index (χ2v) is 9.79. The normalized spacial score (nSPS) is 16.4. The number of aromatic nitrogens is 5. The highest BCUT2D eigenvalue weighted by Gasteiger charge is 2.29. The molecular formula is C26H26ClFN8O3. The maximum absolute atomic E-state index is 14.7. The molecule has 3 aromatic heterocycles. The van der Waals surface area contributed by atoms with Gasteiger partial charge in [-0.1, -0.05) is 11.6 Å². The molecule has 13 heteroatoms. The number of anilines is 3. The fourth-order valence-electron chi connectivity index (χ4n) is 4.86. The average Bonchev–Trinajstić information content (AvgIpc) is 2.92. The number of aromatic carboxylic acids is 1. The Hall–Kier alpha value is -4.32. The molecule has 0 spiro atoms. The second kappa shape index (κ2) is 10.4. The van der Waals surface area contributed by atoms with E-state index in [9.17, 15) is 19.1 Å². The molecule has 0 amide bonds. The summed E-state index contributed by atoms with van der Waals surface area (Å²) < 4.78 is 16.2. The predicted molar refractivity (Wildman–Crippen MR) is 146 cm³/mol. The lowest BCUT2D eigenvalue weighted by molar-refractivity contribution is 0.0691. The van der Waals surface area contributed by atoms with Gasteiger partial charge in [-0.25, -0.2) is 29.1 Å². The molecule has 1 saturated heterocycles. The lowest BCUT2D eigenvalue weighted by atomic mass is 10.0. The maximum atomic E-state index is 14.7. The minimum absolute atomic E-state index is 0.0316. The Labute approximate surface area is 227 Å². The van der Waals surface area contributed by atoms with E-state index in [1.54, 1.807) is 32.4 Å². The number of carbonyl (C=O) groups is 1. The number of pyridine rings is 1. The van der Waals surface area contributed by atoms with Gasteiger partial charge in [0.25, 0.3) is 5.56 Å². The number of hydrogen-bond acceptors (Lipinski definition) is 9. The van der Waals surface area contributed by atoms with E-state index >= 15 is 0 Å². The van der Waals surface area contributed by atoms with E-state index in [0.29, 0.717) is 42.6 Å². The molecule has 0 unspecified atom stereocenters. The molecule has 0 radical (unpaired) electrons. The van der Waals surface area contributed by atoms with Crippen molar-refractivity contribution in [2.75, 3.05) is 34.8 Å². The van der Waals surface area contributed by atoms with Gasteiger partial charge in [0.15, 0.2) is 5.69 Å². The third kappa shape index (κ3) is 5.07. The molecule has 0 bridgehead atoms. The van der Waals surface area contributed by atoms with E-state index in [-0.39, 0.29) is 33.5 Å². The Morgan fingerprint density at radius 1 is 1.21 bits per heavy atom. The van der Waals surface area contributed by atoms with Crippen molar-refractivity contribution in [1.82, 2.24) is 24.5 Å². The zero-order chi connectivity index (χ0) is 27.8. The molecule has 1 fully saturated rings. The van der Waals surface area contributed by atoms with Gasteiger partial charge >= 0.3 is 5.97 Å². The fraction of sp³-hybridized carbons (Fsp3) is 0.308. The van der Waals surface area contributed by atoms with Crippen LogP contribution in [0.1, 0.15) is 35.9 Å². The molecule has 2 N–H and O–H groups in total. The highest BCUT2D eigenvalue weighted by atomic mass is 35.5. The zero-order valence-electron chi connectivity index (χ0n) is 21.5. The Morgan fingerprint density at radius 2 is 1.95 bits per heavy atom. The molecule has 0 saturated carbocycles. The number of nitrogens with zero attached hydrogens (tertiary/aromatic N) is 7. The minimum atomic E-state index is -1.26. The van der Waals surface area contributed by atoms with Crippen LogP contribution in [0, 0.1) is 5.82 Å². The largest absolute Gasteiger partial charge is 0.476 e. The van der Waals surface area contributed by atoms with Crippen LogP contribution in [0.3, 0.4) is 0 Å². The molecule has 5 rings (SSSR count). The molecule has 1 aliphatic heterocycles. The third-order valence-corrected chi connectivity index (χ3v) is 6.98. The lowest BCUT2D eigenvalue weighted by Crippen LogP contribution is -2.54. The molecule has 11 nitrogen and oxygen atoms in total. The van der Waals surface area contributed by atoms with Gasteiger partial charge in [0.2, 0.25) is 11.9 Å². The average molecular weight is 553 g/mol. The first kappa shape index (κ1) is 26.3. The van der Waals surface area contributed by atoms with Crippen LogP contribution in [0.4, 0.5) is 22.0 Å². The number of nitrogens with one attached hydrogen (secondary N) is 1. The number of rotatable bonds is 6. The summed E-state index contributed by atoms with van der Waals surface area (Å²) >= 11 is 5.88. The summed E-state index contributed by atoms with van der Waals surface area (Å²) in [5.74, 6) is -0.776. The molecule has 39 heavy (non-hydrogen) atoms. The van der Waals surface area contributed by atoms with Crippen molar-refractivity contribution in [3.8, 4) is 0 Å². The number of benzene rings is 1. The van der Waals surface area contributed by atoms with Gasteiger partial charge in [0.1, 0.15) is 11.0 Å². The molecule has 4 aromatic rings. The molecule has 1 aromatic carbocycles. The zero-order valence-corrected chi connectivity index (χ0v) is 22.2. The van der Waals surface area contributed by atoms with Crippen molar-refractivity contribution in [3.05, 3.63) is 75.3 Å². The number of carboxylic acid groups (broad SMARTS) is 1. The number of fused-ring (bicyclic) bond motifs is 1. The first-order valence-electron chi connectivity index (χ1n) is 12.3. The summed E-state index contributed by atoms with van der Waals surface area (Å²) in [7, 11) is 1.62. The Kier molecular flexibility index (Phi) is 7.04. The first-order valence-corrected chi connectivity index (χ1v) is 12.7. The molecule has 4 heterocycles. The summed E-state index contributed by atoms with van der Waals surface area (Å²) in [6.45, 7) is 5.57. The number of halogens is 2. The molecule has 202 valence electrons. The smallest absolute Gasteiger partial charge is 0.356 e. The highest BCUT2D eigenvalue weighted by molar-refractivity contribution is 6.29. The van der Waals surface area contributed by atoms with E-state index in [2.05, 4.69) is 25.2 Å². The summed E-state index contributed by atoms with van der Waals surface area (Å²) in [4.78, 5) is 46.7. The Balaban J connectivity index is 1.53. The minimum Gasteiger partial charge on any atom is -0.476 e. The summed E-state index contributed by atoms with van der Waals surface area (Å²) in [6.07, 6.45) is 3.40. The van der Waals surface area contributed by atoms with Gasteiger partial charge in [0.05, 0.1) is 22.6 Å². The van der Waals surface area contributed by atoms with E-state index < -0.39 is 17.8 Å². The monoisotopic (exact) mass is 552 g/mol. The fourth-order valence-corrected chi connectivity index (χ4v) is 5.01. The van der Waals surface area contributed by atoms with Crippen LogP contribution >= 0.6 is 11.6 Å². The second-order valence-electron chi connectivity index (χ2n) is 9.41. The topological polar surface area (TPSA) is 129 Å². The van der Waals surface area contributed by atoms with Crippen LogP contribution in [0.2, 0.25) is 5.15 Å². The van der Waals surface area contributed by atoms with Crippen LogP contribution < -0.4 is 20.7 Å². The van der Waals surface area contributed by atoms with Gasteiger partial charge < -0.3 is 20.2 Å². The predicted octanol–water partition coefficient (Wildman–Crippen LogP) is 3.50. The third-order valence-electron chi connectivity index (χ3n) is 6.77. The summed E-state index contributed by atoms with van der Waals surface area (Å²) in [5, 5.41) is 12.8. The molecule has 0 aliphatic carbocycles. The van der Waals surface area contributed by atoms with E-state index in [1.807, 2.05) is 11.8 Å². The Bertz CT molecular complexity index is 1620. The van der Waals surface area contributed by atoms with Gasteiger partial charge in [-0.15, -0.1) is 0 Å². The summed E-state index contributed by atoms with van der Waals surface area (Å²) in [5.41, 5.74) is 0.277. The molecule has 2 atom stereocenters. The van der Waals surface area contributed by atoms with Crippen LogP contribution in [0.15, 0.2) is 47.5 Å². The van der Waals surface area contributed by atoms with Crippen molar-refractivity contribution in [1.29, 1.82) is 0 Å². The van der Waals surface area contributed by atoms with Gasteiger partial charge in [-0.3, -0.25) is 9.36 Å². The van der Waals surface area contributed by atoms with Crippen molar-refractivity contribution in [2.24, 2.45) is 7.05 Å². The number of piperazine rings is 1. The van der Waals surface area contributed by atoms with Crippen LogP contribution in [0.25, 0.3) is 10.9 Å².